The predicted octanol–water partition coefficient (Wildman–Crippen LogP) is 2.82. The third-order valence-electron chi connectivity index (χ3n) is 3.96. The van der Waals surface area contributed by atoms with E-state index in [0.29, 0.717) is 6.54 Å². The Morgan fingerprint density at radius 1 is 1.23 bits per heavy atom. The summed E-state index contributed by atoms with van der Waals surface area (Å²) < 4.78 is 2.06. The smallest absolute Gasteiger partial charge is 0.191 e. The molecule has 0 fully saturated rings. The summed E-state index contributed by atoms with van der Waals surface area (Å²) in [6.45, 7) is 4.37. The fourth-order valence-electron chi connectivity index (χ4n) is 2.59. The van der Waals surface area contributed by atoms with Crippen molar-refractivity contribution in [2.45, 2.75) is 33.0 Å². The lowest BCUT2D eigenvalue weighted by Crippen LogP contribution is -2.36. The molecule has 7 heteroatoms. The Bertz CT molecular complexity index is 837. The van der Waals surface area contributed by atoms with Crippen LogP contribution in [0.4, 0.5) is 0 Å². The Labute approximate surface area is 158 Å². The van der Waals surface area contributed by atoms with Crippen molar-refractivity contribution in [2.75, 3.05) is 7.05 Å². The first-order valence-electron chi connectivity index (χ1n) is 8.68. The Kier molecular flexibility index (Phi) is 6.38. The molecule has 0 amide bonds. The van der Waals surface area contributed by atoms with E-state index in [1.807, 2.05) is 18.7 Å². The lowest BCUT2D eigenvalue weighted by Gasteiger charge is -2.12. The van der Waals surface area contributed by atoms with Gasteiger partial charge in [0.05, 0.1) is 12.9 Å². The van der Waals surface area contributed by atoms with Crippen molar-refractivity contribution in [1.29, 1.82) is 0 Å². The quantitative estimate of drug-likeness (QED) is 0.497. The molecule has 0 aliphatic carbocycles. The fourth-order valence-corrected chi connectivity index (χ4v) is 3.39. The monoisotopic (exact) mass is 368 g/mol. The fraction of sp³-hybridized carbons (Fsp3) is 0.316. The third-order valence-corrected chi connectivity index (χ3v) is 5.10. The summed E-state index contributed by atoms with van der Waals surface area (Å²) >= 11 is 1.74. The second-order valence-corrected chi connectivity index (χ2v) is 7.11. The van der Waals surface area contributed by atoms with E-state index >= 15 is 0 Å². The lowest BCUT2D eigenvalue weighted by atomic mass is 10.1. The first kappa shape index (κ1) is 18.1. The SMILES string of the molecule is CCc1cnc(CNC(=NC)NCc2cccc(Cn3ccnc3)c2)s1. The van der Waals surface area contributed by atoms with Crippen molar-refractivity contribution in [3.8, 4) is 0 Å². The van der Waals surface area contributed by atoms with Crippen LogP contribution < -0.4 is 10.6 Å². The first-order valence-corrected chi connectivity index (χ1v) is 9.50. The average molecular weight is 369 g/mol. The lowest BCUT2D eigenvalue weighted by molar-refractivity contribution is 0.786. The number of aryl methyl sites for hydroxylation is 1. The van der Waals surface area contributed by atoms with Gasteiger partial charge in [0.25, 0.3) is 0 Å². The summed E-state index contributed by atoms with van der Waals surface area (Å²) in [4.78, 5) is 14.1. The van der Waals surface area contributed by atoms with Gasteiger partial charge in [0.15, 0.2) is 5.96 Å². The van der Waals surface area contributed by atoms with Crippen LogP contribution in [-0.2, 0) is 26.1 Å². The number of hydrogen-bond donors (Lipinski definition) is 2. The number of thiazole rings is 1. The van der Waals surface area contributed by atoms with Gasteiger partial charge in [-0.3, -0.25) is 4.99 Å². The highest BCUT2D eigenvalue weighted by Gasteiger charge is 2.03. The molecule has 6 nitrogen and oxygen atoms in total. The molecule has 0 saturated carbocycles. The highest BCUT2D eigenvalue weighted by atomic mass is 32.1. The van der Waals surface area contributed by atoms with Crippen LogP contribution in [-0.4, -0.2) is 27.5 Å². The van der Waals surface area contributed by atoms with Crippen molar-refractivity contribution in [2.24, 2.45) is 4.99 Å². The molecule has 26 heavy (non-hydrogen) atoms. The molecule has 0 atom stereocenters. The minimum Gasteiger partial charge on any atom is -0.352 e. The maximum absolute atomic E-state index is 4.42. The third kappa shape index (κ3) is 5.16. The van der Waals surface area contributed by atoms with E-state index < -0.39 is 0 Å². The molecule has 0 unspecified atom stereocenters. The molecule has 1 aromatic carbocycles. The standard InChI is InChI=1S/C19H24N6S/c1-3-17-11-22-18(26-17)12-24-19(20-2)23-10-15-5-4-6-16(9-15)13-25-8-7-21-14-25/h4-9,11,14H,3,10,12-13H2,1-2H3,(H2,20,23,24). The normalized spacial score (nSPS) is 11.5. The van der Waals surface area contributed by atoms with E-state index in [2.05, 4.69) is 61.4 Å². The number of guanidine groups is 1. The largest absolute Gasteiger partial charge is 0.352 e. The summed E-state index contributed by atoms with van der Waals surface area (Å²) in [5.41, 5.74) is 2.47. The molecule has 0 spiro atoms. The van der Waals surface area contributed by atoms with Crippen LogP contribution in [0, 0.1) is 0 Å². The topological polar surface area (TPSA) is 67.1 Å². The van der Waals surface area contributed by atoms with Gasteiger partial charge in [0.2, 0.25) is 0 Å². The summed E-state index contributed by atoms with van der Waals surface area (Å²) in [6.07, 6.45) is 8.58. The zero-order valence-corrected chi connectivity index (χ0v) is 16.0. The molecular formula is C19H24N6S. The Morgan fingerprint density at radius 2 is 2.08 bits per heavy atom. The van der Waals surface area contributed by atoms with Gasteiger partial charge >= 0.3 is 0 Å². The van der Waals surface area contributed by atoms with Gasteiger partial charge in [-0.05, 0) is 17.5 Å². The average Bonchev–Trinajstić information content (AvgIpc) is 3.34. The molecular weight excluding hydrogens is 344 g/mol. The number of benzene rings is 1. The maximum Gasteiger partial charge on any atom is 0.191 e. The van der Waals surface area contributed by atoms with Gasteiger partial charge in [0.1, 0.15) is 5.01 Å². The van der Waals surface area contributed by atoms with Gasteiger partial charge in [-0.1, -0.05) is 31.2 Å². The molecule has 0 radical (unpaired) electrons. The number of aliphatic imine (C=N–C) groups is 1. The molecule has 3 aromatic rings. The second kappa shape index (κ2) is 9.15. The Balaban J connectivity index is 1.51. The van der Waals surface area contributed by atoms with Gasteiger partial charge in [0, 0.05) is 43.6 Å². The van der Waals surface area contributed by atoms with Crippen LogP contribution >= 0.6 is 11.3 Å². The zero-order valence-electron chi connectivity index (χ0n) is 15.1. The number of aromatic nitrogens is 3. The van der Waals surface area contributed by atoms with Crippen LogP contribution in [0.15, 0.2) is 54.2 Å². The van der Waals surface area contributed by atoms with Crippen LogP contribution in [0.5, 0.6) is 0 Å². The molecule has 2 heterocycles. The number of hydrogen-bond acceptors (Lipinski definition) is 4. The molecule has 0 aliphatic heterocycles. The molecule has 0 bridgehead atoms. The van der Waals surface area contributed by atoms with Crippen LogP contribution in [0.25, 0.3) is 0 Å². The van der Waals surface area contributed by atoms with Gasteiger partial charge < -0.3 is 15.2 Å². The van der Waals surface area contributed by atoms with Crippen molar-refractivity contribution in [3.05, 3.63) is 70.2 Å². The van der Waals surface area contributed by atoms with Gasteiger partial charge in [-0.2, -0.15) is 0 Å². The van der Waals surface area contributed by atoms with E-state index in [-0.39, 0.29) is 0 Å². The molecule has 136 valence electrons. The summed E-state index contributed by atoms with van der Waals surface area (Å²) in [6, 6.07) is 8.53. The van der Waals surface area contributed by atoms with E-state index in [4.69, 9.17) is 0 Å². The minimum absolute atomic E-state index is 0.686. The molecule has 0 saturated heterocycles. The van der Waals surface area contributed by atoms with Crippen LogP contribution in [0.2, 0.25) is 0 Å². The van der Waals surface area contributed by atoms with E-state index in [0.717, 1.165) is 30.5 Å². The summed E-state index contributed by atoms with van der Waals surface area (Å²) in [7, 11) is 1.78. The number of rotatable bonds is 7. The van der Waals surface area contributed by atoms with Crippen molar-refractivity contribution in [3.63, 3.8) is 0 Å². The Hall–Kier alpha value is -2.67. The first-order chi connectivity index (χ1) is 12.8. The molecule has 0 aliphatic rings. The van der Waals surface area contributed by atoms with Gasteiger partial charge in [-0.15, -0.1) is 11.3 Å². The highest BCUT2D eigenvalue weighted by Crippen LogP contribution is 2.12. The van der Waals surface area contributed by atoms with Crippen molar-refractivity contribution in [1.82, 2.24) is 25.2 Å². The van der Waals surface area contributed by atoms with E-state index in [1.54, 1.807) is 24.6 Å². The van der Waals surface area contributed by atoms with Crippen LogP contribution in [0.3, 0.4) is 0 Å². The number of nitrogens with zero attached hydrogens (tertiary/aromatic N) is 4. The van der Waals surface area contributed by atoms with E-state index in [9.17, 15) is 0 Å². The predicted molar refractivity (Wildman–Crippen MR) is 106 cm³/mol. The maximum atomic E-state index is 4.42. The number of nitrogens with one attached hydrogen (secondary N) is 2. The Morgan fingerprint density at radius 3 is 2.81 bits per heavy atom. The molecule has 2 N–H and O–H groups in total. The highest BCUT2D eigenvalue weighted by molar-refractivity contribution is 7.11. The summed E-state index contributed by atoms with van der Waals surface area (Å²) in [5.74, 6) is 0.776. The van der Waals surface area contributed by atoms with E-state index in [1.165, 1.54) is 16.0 Å². The minimum atomic E-state index is 0.686. The zero-order chi connectivity index (χ0) is 18.2. The second-order valence-electron chi connectivity index (χ2n) is 5.91. The summed E-state index contributed by atoms with van der Waals surface area (Å²) in [5, 5.41) is 7.75. The molecule has 2 aromatic heterocycles. The van der Waals surface area contributed by atoms with Crippen LogP contribution in [0.1, 0.15) is 27.9 Å². The van der Waals surface area contributed by atoms with Gasteiger partial charge in [-0.25, -0.2) is 9.97 Å². The number of imidazole rings is 1. The molecule has 3 rings (SSSR count). The van der Waals surface area contributed by atoms with Crippen molar-refractivity contribution >= 4 is 17.3 Å². The van der Waals surface area contributed by atoms with Crippen molar-refractivity contribution < 1.29 is 0 Å².